The fourth-order valence-electron chi connectivity index (χ4n) is 2.04. The van der Waals surface area contributed by atoms with Crippen molar-refractivity contribution in [1.82, 2.24) is 18.6 Å². The first kappa shape index (κ1) is 15.9. The van der Waals surface area contributed by atoms with Crippen molar-refractivity contribution < 1.29 is 13.2 Å². The Bertz CT molecular complexity index is 590. The lowest BCUT2D eigenvalue weighted by molar-refractivity contribution is 0.206. The third-order valence-corrected chi connectivity index (χ3v) is 5.18. The maximum absolute atomic E-state index is 12.0. The smallest absolute Gasteiger partial charge is 0.281 e. The van der Waals surface area contributed by atoms with E-state index in [4.69, 9.17) is 4.74 Å². The second-order valence-electron chi connectivity index (χ2n) is 5.29. The molecule has 2 rings (SSSR count). The van der Waals surface area contributed by atoms with Gasteiger partial charge in [-0.1, -0.05) is 0 Å². The molecule has 0 amide bonds. The highest BCUT2D eigenvalue weighted by atomic mass is 32.2. The zero-order chi connectivity index (χ0) is 15.6. The Morgan fingerprint density at radius 3 is 2.62 bits per heavy atom. The minimum absolute atomic E-state index is 0.190. The molecule has 21 heavy (non-hydrogen) atoms. The van der Waals surface area contributed by atoms with E-state index in [0.29, 0.717) is 25.4 Å². The summed E-state index contributed by atoms with van der Waals surface area (Å²) in [6.45, 7) is 0.790. The molecule has 1 atom stereocenters. The standard InChI is InChI=1S/C12H21N5O3S/c1-15(2)11-7-12(14-9-13-11)20-10-5-6-17(8-10)21(18,19)16(3)4/h7,9-10H,5-6,8H2,1-4H3/t10-/m1/s1. The lowest BCUT2D eigenvalue weighted by Gasteiger charge is -2.21. The van der Waals surface area contributed by atoms with Crippen LogP contribution in [0.3, 0.4) is 0 Å². The molecule has 2 heterocycles. The molecule has 1 aliphatic rings. The molecular formula is C12H21N5O3S. The third-order valence-electron chi connectivity index (χ3n) is 3.27. The Balaban J connectivity index is 2.02. The highest BCUT2D eigenvalue weighted by molar-refractivity contribution is 7.86. The van der Waals surface area contributed by atoms with Gasteiger partial charge in [0, 0.05) is 40.8 Å². The average Bonchev–Trinajstić information content (AvgIpc) is 2.88. The summed E-state index contributed by atoms with van der Waals surface area (Å²) in [5.41, 5.74) is 0. The summed E-state index contributed by atoms with van der Waals surface area (Å²) in [6, 6.07) is 1.74. The fraction of sp³-hybridized carbons (Fsp3) is 0.667. The molecule has 0 aromatic carbocycles. The largest absolute Gasteiger partial charge is 0.473 e. The minimum atomic E-state index is -3.38. The molecule has 0 saturated carbocycles. The number of aromatic nitrogens is 2. The molecule has 0 unspecified atom stereocenters. The molecule has 8 nitrogen and oxygen atoms in total. The van der Waals surface area contributed by atoms with Crippen LogP contribution in [0.1, 0.15) is 6.42 Å². The quantitative estimate of drug-likeness (QED) is 0.749. The molecule has 118 valence electrons. The second-order valence-corrected chi connectivity index (χ2v) is 7.43. The van der Waals surface area contributed by atoms with E-state index in [-0.39, 0.29) is 6.10 Å². The predicted octanol–water partition coefficient (Wildman–Crippen LogP) is -0.198. The predicted molar refractivity (Wildman–Crippen MR) is 79.6 cm³/mol. The Morgan fingerprint density at radius 1 is 1.29 bits per heavy atom. The number of rotatable bonds is 5. The van der Waals surface area contributed by atoms with Crippen LogP contribution in [-0.4, -0.2) is 74.4 Å². The van der Waals surface area contributed by atoms with E-state index in [2.05, 4.69) is 9.97 Å². The van der Waals surface area contributed by atoms with Crippen LogP contribution in [0.15, 0.2) is 12.4 Å². The SMILES string of the molecule is CN(C)c1cc(O[C@@H]2CCN(S(=O)(=O)N(C)C)C2)ncn1. The summed E-state index contributed by atoms with van der Waals surface area (Å²) in [7, 11) is 3.44. The normalized spacial score (nSPS) is 20.0. The van der Waals surface area contributed by atoms with Gasteiger partial charge in [0.15, 0.2) is 0 Å². The topological polar surface area (TPSA) is 78.9 Å². The van der Waals surface area contributed by atoms with Crippen molar-refractivity contribution in [3.05, 3.63) is 12.4 Å². The number of anilines is 1. The van der Waals surface area contributed by atoms with Gasteiger partial charge in [-0.3, -0.25) is 0 Å². The van der Waals surface area contributed by atoms with Crippen molar-refractivity contribution in [2.24, 2.45) is 0 Å². The van der Waals surface area contributed by atoms with Gasteiger partial charge in [0.05, 0.1) is 6.54 Å². The van der Waals surface area contributed by atoms with Crippen LogP contribution in [0, 0.1) is 0 Å². The van der Waals surface area contributed by atoms with E-state index in [1.165, 1.54) is 29.0 Å². The first-order valence-corrected chi connectivity index (χ1v) is 8.04. The minimum Gasteiger partial charge on any atom is -0.473 e. The Labute approximate surface area is 125 Å². The van der Waals surface area contributed by atoms with Crippen molar-refractivity contribution in [3.8, 4) is 5.88 Å². The van der Waals surface area contributed by atoms with Gasteiger partial charge >= 0.3 is 0 Å². The van der Waals surface area contributed by atoms with E-state index in [1.807, 2.05) is 19.0 Å². The monoisotopic (exact) mass is 315 g/mol. The molecule has 1 aromatic heterocycles. The van der Waals surface area contributed by atoms with Crippen LogP contribution in [0.4, 0.5) is 5.82 Å². The third kappa shape index (κ3) is 3.60. The second kappa shape index (κ2) is 6.12. The van der Waals surface area contributed by atoms with Crippen LogP contribution in [-0.2, 0) is 10.2 Å². The molecule has 0 radical (unpaired) electrons. The zero-order valence-electron chi connectivity index (χ0n) is 12.7. The van der Waals surface area contributed by atoms with Gasteiger partial charge in [0.25, 0.3) is 10.2 Å². The van der Waals surface area contributed by atoms with Crippen molar-refractivity contribution in [2.45, 2.75) is 12.5 Å². The van der Waals surface area contributed by atoms with Crippen LogP contribution in [0.25, 0.3) is 0 Å². The maximum Gasteiger partial charge on any atom is 0.281 e. The van der Waals surface area contributed by atoms with E-state index in [9.17, 15) is 8.42 Å². The molecule has 0 N–H and O–H groups in total. The number of hydrogen-bond acceptors (Lipinski definition) is 6. The molecular weight excluding hydrogens is 294 g/mol. The molecule has 0 aliphatic carbocycles. The molecule has 0 spiro atoms. The van der Waals surface area contributed by atoms with Crippen molar-refractivity contribution in [2.75, 3.05) is 46.2 Å². The Morgan fingerprint density at radius 2 is 2.00 bits per heavy atom. The Hall–Kier alpha value is -1.45. The van der Waals surface area contributed by atoms with Gasteiger partial charge in [0.1, 0.15) is 18.2 Å². The van der Waals surface area contributed by atoms with Crippen LogP contribution in [0.5, 0.6) is 5.88 Å². The van der Waals surface area contributed by atoms with Gasteiger partial charge in [-0.25, -0.2) is 9.97 Å². The van der Waals surface area contributed by atoms with E-state index in [1.54, 1.807) is 6.07 Å². The van der Waals surface area contributed by atoms with Crippen molar-refractivity contribution >= 4 is 16.0 Å². The molecule has 1 aliphatic heterocycles. The summed E-state index contributed by atoms with van der Waals surface area (Å²) >= 11 is 0. The first-order valence-electron chi connectivity index (χ1n) is 6.64. The average molecular weight is 315 g/mol. The molecule has 9 heteroatoms. The molecule has 0 bridgehead atoms. The lowest BCUT2D eigenvalue weighted by Crippen LogP contribution is -2.39. The highest BCUT2D eigenvalue weighted by Gasteiger charge is 2.34. The molecule has 1 aromatic rings. The molecule has 1 saturated heterocycles. The Kier molecular flexibility index (Phi) is 4.64. The van der Waals surface area contributed by atoms with Crippen LogP contribution >= 0.6 is 0 Å². The summed E-state index contributed by atoms with van der Waals surface area (Å²) in [5, 5.41) is 0. The lowest BCUT2D eigenvalue weighted by atomic mass is 10.3. The van der Waals surface area contributed by atoms with E-state index in [0.717, 1.165) is 5.82 Å². The number of hydrogen-bond donors (Lipinski definition) is 0. The summed E-state index contributed by atoms with van der Waals surface area (Å²) < 4.78 is 32.5. The van der Waals surface area contributed by atoms with E-state index >= 15 is 0 Å². The number of nitrogens with zero attached hydrogens (tertiary/aromatic N) is 5. The number of ether oxygens (including phenoxy) is 1. The first-order chi connectivity index (χ1) is 9.80. The van der Waals surface area contributed by atoms with Gasteiger partial charge in [-0.2, -0.15) is 17.0 Å². The summed E-state index contributed by atoms with van der Waals surface area (Å²) in [6.07, 6.45) is 1.90. The summed E-state index contributed by atoms with van der Waals surface area (Å²) in [4.78, 5) is 10.0. The van der Waals surface area contributed by atoms with Crippen LogP contribution < -0.4 is 9.64 Å². The van der Waals surface area contributed by atoms with Gasteiger partial charge < -0.3 is 9.64 Å². The highest BCUT2D eigenvalue weighted by Crippen LogP contribution is 2.21. The fourth-order valence-corrected chi connectivity index (χ4v) is 3.20. The van der Waals surface area contributed by atoms with Gasteiger partial charge in [0.2, 0.25) is 5.88 Å². The van der Waals surface area contributed by atoms with Crippen molar-refractivity contribution in [3.63, 3.8) is 0 Å². The van der Waals surface area contributed by atoms with Gasteiger partial charge in [-0.05, 0) is 6.42 Å². The summed E-state index contributed by atoms with van der Waals surface area (Å²) in [5.74, 6) is 1.21. The van der Waals surface area contributed by atoms with Gasteiger partial charge in [-0.15, -0.1) is 0 Å². The maximum atomic E-state index is 12.0. The van der Waals surface area contributed by atoms with Crippen LogP contribution in [0.2, 0.25) is 0 Å². The molecule has 1 fully saturated rings. The zero-order valence-corrected chi connectivity index (χ0v) is 13.5. The van der Waals surface area contributed by atoms with E-state index < -0.39 is 10.2 Å². The van der Waals surface area contributed by atoms with Crippen molar-refractivity contribution in [1.29, 1.82) is 0 Å².